The lowest BCUT2D eigenvalue weighted by Gasteiger charge is -2.09. The number of anilines is 1. The average molecular weight is 381 g/mol. The Morgan fingerprint density at radius 1 is 1.08 bits per heavy atom. The Balaban J connectivity index is 1.76. The summed E-state index contributed by atoms with van der Waals surface area (Å²) in [5.41, 5.74) is 1.97. The second-order valence-corrected chi connectivity index (χ2v) is 6.41. The van der Waals surface area contributed by atoms with Crippen LogP contribution in [0.15, 0.2) is 54.9 Å². The lowest BCUT2D eigenvalue weighted by atomic mass is 10.1. The lowest BCUT2D eigenvalue weighted by Crippen LogP contribution is -2.13. The predicted molar refractivity (Wildman–Crippen MR) is 97.2 cm³/mol. The highest BCUT2D eigenvalue weighted by molar-refractivity contribution is 6.36. The summed E-state index contributed by atoms with van der Waals surface area (Å²) in [5.74, 6) is -0.250. The molecule has 1 heterocycles. The summed E-state index contributed by atoms with van der Waals surface area (Å²) in [4.78, 5) is 12.4. The van der Waals surface area contributed by atoms with E-state index >= 15 is 0 Å². The largest absolute Gasteiger partial charge is 0.321 e. The maximum absolute atomic E-state index is 12.4. The van der Waals surface area contributed by atoms with E-state index in [2.05, 4.69) is 10.4 Å². The van der Waals surface area contributed by atoms with E-state index in [9.17, 15) is 4.79 Å². The Bertz CT molecular complexity index is 892. The molecular weight excluding hydrogens is 369 g/mol. The summed E-state index contributed by atoms with van der Waals surface area (Å²) in [6.07, 6.45) is 3.29. The van der Waals surface area contributed by atoms with Crippen LogP contribution in [0.2, 0.25) is 15.1 Å². The number of benzene rings is 2. The molecule has 3 rings (SSSR count). The molecule has 2 aromatic carbocycles. The lowest BCUT2D eigenvalue weighted by molar-refractivity contribution is 0.102. The molecule has 3 aromatic rings. The van der Waals surface area contributed by atoms with Crippen molar-refractivity contribution in [2.75, 3.05) is 5.32 Å². The van der Waals surface area contributed by atoms with Gasteiger partial charge in [-0.3, -0.25) is 9.48 Å². The standard InChI is InChI=1S/C17H12Cl3N3O/c18-13-4-5-16(15(20)7-13)22-17(24)12-3-1-2-11(6-12)9-23-10-14(19)8-21-23/h1-8,10H,9H2,(H,22,24). The van der Waals surface area contributed by atoms with Gasteiger partial charge in [-0.05, 0) is 35.9 Å². The van der Waals surface area contributed by atoms with Crippen LogP contribution in [0.25, 0.3) is 0 Å². The van der Waals surface area contributed by atoms with Crippen molar-refractivity contribution in [3.05, 3.63) is 81.1 Å². The van der Waals surface area contributed by atoms with Crippen molar-refractivity contribution in [2.24, 2.45) is 0 Å². The minimum absolute atomic E-state index is 0.250. The van der Waals surface area contributed by atoms with Crippen molar-refractivity contribution in [3.8, 4) is 0 Å². The molecule has 0 atom stereocenters. The van der Waals surface area contributed by atoms with Gasteiger partial charge in [0, 0.05) is 16.8 Å². The van der Waals surface area contributed by atoms with Crippen molar-refractivity contribution in [2.45, 2.75) is 6.54 Å². The van der Waals surface area contributed by atoms with Crippen LogP contribution in [0.4, 0.5) is 5.69 Å². The number of nitrogens with zero attached hydrogens (tertiary/aromatic N) is 2. The van der Waals surface area contributed by atoms with Crippen molar-refractivity contribution >= 4 is 46.4 Å². The number of rotatable bonds is 4. The van der Waals surface area contributed by atoms with Gasteiger partial charge < -0.3 is 5.32 Å². The van der Waals surface area contributed by atoms with Crippen LogP contribution in [0, 0.1) is 0 Å². The first-order chi connectivity index (χ1) is 11.5. The zero-order chi connectivity index (χ0) is 17.1. The van der Waals surface area contributed by atoms with Gasteiger partial charge in [-0.15, -0.1) is 0 Å². The van der Waals surface area contributed by atoms with Gasteiger partial charge in [-0.2, -0.15) is 5.10 Å². The monoisotopic (exact) mass is 379 g/mol. The number of hydrogen-bond acceptors (Lipinski definition) is 2. The van der Waals surface area contributed by atoms with E-state index in [0.717, 1.165) is 5.56 Å². The molecule has 1 amide bonds. The third kappa shape index (κ3) is 4.09. The Kier molecular flexibility index (Phi) is 5.09. The molecule has 122 valence electrons. The van der Waals surface area contributed by atoms with Gasteiger partial charge in [0.1, 0.15) is 0 Å². The van der Waals surface area contributed by atoms with Crippen LogP contribution in [-0.4, -0.2) is 15.7 Å². The molecule has 24 heavy (non-hydrogen) atoms. The first-order valence-corrected chi connectivity index (χ1v) is 8.18. The molecule has 1 aromatic heterocycles. The maximum atomic E-state index is 12.4. The van der Waals surface area contributed by atoms with Crippen molar-refractivity contribution < 1.29 is 4.79 Å². The van der Waals surface area contributed by atoms with Gasteiger partial charge >= 0.3 is 0 Å². The summed E-state index contributed by atoms with van der Waals surface area (Å²) in [6.45, 7) is 0.523. The Morgan fingerprint density at radius 2 is 1.92 bits per heavy atom. The fourth-order valence-electron chi connectivity index (χ4n) is 2.21. The van der Waals surface area contributed by atoms with E-state index in [1.807, 2.05) is 12.1 Å². The average Bonchev–Trinajstić information content (AvgIpc) is 2.95. The summed E-state index contributed by atoms with van der Waals surface area (Å²) >= 11 is 17.8. The van der Waals surface area contributed by atoms with Gasteiger partial charge in [-0.25, -0.2) is 0 Å². The minimum atomic E-state index is -0.250. The highest BCUT2D eigenvalue weighted by Crippen LogP contribution is 2.25. The van der Waals surface area contributed by atoms with Gasteiger partial charge in [0.2, 0.25) is 0 Å². The molecular formula is C17H12Cl3N3O. The van der Waals surface area contributed by atoms with E-state index in [-0.39, 0.29) is 5.91 Å². The van der Waals surface area contributed by atoms with Gasteiger partial charge in [0.05, 0.1) is 28.5 Å². The van der Waals surface area contributed by atoms with Crippen LogP contribution in [-0.2, 0) is 6.54 Å². The molecule has 4 nitrogen and oxygen atoms in total. The molecule has 0 saturated carbocycles. The van der Waals surface area contributed by atoms with Crippen LogP contribution in [0.5, 0.6) is 0 Å². The second kappa shape index (κ2) is 7.26. The van der Waals surface area contributed by atoms with Gasteiger partial charge in [0.15, 0.2) is 0 Å². The van der Waals surface area contributed by atoms with E-state index in [1.165, 1.54) is 0 Å². The molecule has 0 saturated heterocycles. The molecule has 0 unspecified atom stereocenters. The normalized spacial score (nSPS) is 10.6. The molecule has 1 N–H and O–H groups in total. The number of nitrogens with one attached hydrogen (secondary N) is 1. The molecule has 0 spiro atoms. The number of aromatic nitrogens is 2. The summed E-state index contributed by atoms with van der Waals surface area (Å²) in [7, 11) is 0. The predicted octanol–water partition coefficient (Wildman–Crippen LogP) is 5.14. The smallest absolute Gasteiger partial charge is 0.255 e. The number of amides is 1. The molecule has 0 aliphatic rings. The van der Waals surface area contributed by atoms with Gasteiger partial charge in [0.25, 0.3) is 5.91 Å². The quantitative estimate of drug-likeness (QED) is 0.681. The Hall–Kier alpha value is -2.01. The first kappa shape index (κ1) is 16.8. The number of hydrogen-bond donors (Lipinski definition) is 1. The van der Waals surface area contributed by atoms with Gasteiger partial charge in [-0.1, -0.05) is 46.9 Å². The van der Waals surface area contributed by atoms with Crippen molar-refractivity contribution in [1.29, 1.82) is 0 Å². The number of carbonyl (C=O) groups excluding carboxylic acids is 1. The molecule has 0 aliphatic heterocycles. The molecule has 0 radical (unpaired) electrons. The SMILES string of the molecule is O=C(Nc1ccc(Cl)cc1Cl)c1cccc(Cn2cc(Cl)cn2)c1. The minimum Gasteiger partial charge on any atom is -0.321 e. The van der Waals surface area contributed by atoms with E-state index in [4.69, 9.17) is 34.8 Å². The highest BCUT2D eigenvalue weighted by atomic mass is 35.5. The maximum Gasteiger partial charge on any atom is 0.255 e. The van der Waals surface area contributed by atoms with Crippen LogP contribution >= 0.6 is 34.8 Å². The topological polar surface area (TPSA) is 46.9 Å². The number of halogens is 3. The highest BCUT2D eigenvalue weighted by Gasteiger charge is 2.10. The van der Waals surface area contributed by atoms with Crippen LogP contribution in [0.1, 0.15) is 15.9 Å². The van der Waals surface area contributed by atoms with E-state index in [1.54, 1.807) is 47.4 Å². The van der Waals surface area contributed by atoms with Crippen molar-refractivity contribution in [3.63, 3.8) is 0 Å². The molecule has 0 bridgehead atoms. The summed E-state index contributed by atoms with van der Waals surface area (Å²) < 4.78 is 1.70. The second-order valence-electron chi connectivity index (χ2n) is 5.13. The Morgan fingerprint density at radius 3 is 2.62 bits per heavy atom. The zero-order valence-electron chi connectivity index (χ0n) is 12.3. The van der Waals surface area contributed by atoms with Crippen molar-refractivity contribution in [1.82, 2.24) is 9.78 Å². The number of carbonyl (C=O) groups is 1. The molecule has 0 aliphatic carbocycles. The van der Waals surface area contributed by atoms with Crippen LogP contribution in [0.3, 0.4) is 0 Å². The third-order valence-electron chi connectivity index (χ3n) is 3.31. The zero-order valence-corrected chi connectivity index (χ0v) is 14.6. The summed E-state index contributed by atoms with van der Waals surface area (Å²) in [6, 6.07) is 12.2. The fraction of sp³-hybridized carbons (Fsp3) is 0.0588. The molecule has 0 fully saturated rings. The van der Waals surface area contributed by atoms with Crippen LogP contribution < -0.4 is 5.32 Å². The third-order valence-corrected chi connectivity index (χ3v) is 4.06. The fourth-order valence-corrected chi connectivity index (χ4v) is 2.82. The van der Waals surface area contributed by atoms with E-state index in [0.29, 0.717) is 32.9 Å². The summed E-state index contributed by atoms with van der Waals surface area (Å²) in [5, 5.41) is 8.37. The molecule has 7 heteroatoms. The van der Waals surface area contributed by atoms with E-state index < -0.39 is 0 Å². The first-order valence-electron chi connectivity index (χ1n) is 7.04. The Labute approximate surface area is 154 Å².